The number of carbonyl (C=O) groups excluding carboxylic acids is 1. The van der Waals surface area contributed by atoms with E-state index in [4.69, 9.17) is 0 Å². The summed E-state index contributed by atoms with van der Waals surface area (Å²) in [5.74, 6) is -0.409. The zero-order chi connectivity index (χ0) is 20.7. The van der Waals surface area contributed by atoms with Crippen molar-refractivity contribution in [1.29, 1.82) is 0 Å². The molecule has 0 saturated heterocycles. The maximum atomic E-state index is 12.4. The monoisotopic (exact) mass is 403 g/mol. The minimum atomic E-state index is -3.52. The van der Waals surface area contributed by atoms with Crippen molar-refractivity contribution in [3.05, 3.63) is 70.3 Å². The van der Waals surface area contributed by atoms with Crippen LogP contribution in [-0.4, -0.2) is 36.6 Å². The highest BCUT2D eigenvalue weighted by Crippen LogP contribution is 2.17. The van der Waals surface area contributed by atoms with Gasteiger partial charge in [-0.1, -0.05) is 26.0 Å². The van der Waals surface area contributed by atoms with Crippen molar-refractivity contribution >= 4 is 33.4 Å². The molecule has 2 aromatic carbocycles. The molecule has 1 amide bonds. The Morgan fingerprint density at radius 2 is 1.64 bits per heavy atom. The fraction of sp³-hybridized carbons (Fsp3) is 0.211. The number of benzene rings is 2. The van der Waals surface area contributed by atoms with Crippen LogP contribution in [0.5, 0.6) is 0 Å². The van der Waals surface area contributed by atoms with E-state index >= 15 is 0 Å². The summed E-state index contributed by atoms with van der Waals surface area (Å²) in [5.41, 5.74) is 1.03. The van der Waals surface area contributed by atoms with Crippen molar-refractivity contribution in [3.8, 4) is 0 Å². The van der Waals surface area contributed by atoms with Crippen molar-refractivity contribution in [1.82, 2.24) is 4.31 Å². The SMILES string of the molecule is CCN(CC)S(=O)(=O)c1ccc(/C=C/C(=O)Nc2ccc([N+](=O)[O-])cc2)cc1. The Morgan fingerprint density at radius 3 is 2.14 bits per heavy atom. The summed E-state index contributed by atoms with van der Waals surface area (Å²) in [6.45, 7) is 4.34. The summed E-state index contributed by atoms with van der Waals surface area (Å²) in [4.78, 5) is 22.3. The molecule has 9 heteroatoms. The molecule has 0 heterocycles. The lowest BCUT2D eigenvalue weighted by Crippen LogP contribution is -2.30. The van der Waals surface area contributed by atoms with Gasteiger partial charge in [0.1, 0.15) is 0 Å². The Bertz CT molecular complexity index is 964. The molecule has 0 saturated carbocycles. The van der Waals surface area contributed by atoms with Crippen LogP contribution in [0.15, 0.2) is 59.5 Å². The van der Waals surface area contributed by atoms with E-state index in [-0.39, 0.29) is 10.6 Å². The molecule has 0 aliphatic carbocycles. The number of hydrogen-bond acceptors (Lipinski definition) is 5. The molecule has 0 bridgehead atoms. The number of nitrogens with zero attached hydrogens (tertiary/aromatic N) is 2. The van der Waals surface area contributed by atoms with Gasteiger partial charge < -0.3 is 5.32 Å². The smallest absolute Gasteiger partial charge is 0.269 e. The summed E-state index contributed by atoms with van der Waals surface area (Å²) >= 11 is 0. The van der Waals surface area contributed by atoms with Crippen LogP contribution in [0.2, 0.25) is 0 Å². The third kappa shape index (κ3) is 5.24. The third-order valence-electron chi connectivity index (χ3n) is 4.00. The van der Waals surface area contributed by atoms with E-state index in [0.29, 0.717) is 24.3 Å². The highest BCUT2D eigenvalue weighted by Gasteiger charge is 2.20. The van der Waals surface area contributed by atoms with Gasteiger partial charge in [0.2, 0.25) is 15.9 Å². The van der Waals surface area contributed by atoms with Gasteiger partial charge in [-0.15, -0.1) is 0 Å². The summed E-state index contributed by atoms with van der Waals surface area (Å²) in [6.07, 6.45) is 2.85. The predicted molar refractivity (Wildman–Crippen MR) is 107 cm³/mol. The summed E-state index contributed by atoms with van der Waals surface area (Å²) < 4.78 is 26.3. The molecule has 0 radical (unpaired) electrons. The number of sulfonamides is 1. The van der Waals surface area contributed by atoms with E-state index in [9.17, 15) is 23.3 Å². The second-order valence-electron chi connectivity index (χ2n) is 5.78. The molecule has 0 atom stereocenters. The summed E-state index contributed by atoms with van der Waals surface area (Å²) in [7, 11) is -3.52. The lowest BCUT2D eigenvalue weighted by Gasteiger charge is -2.18. The van der Waals surface area contributed by atoms with Gasteiger partial charge in [-0.2, -0.15) is 4.31 Å². The van der Waals surface area contributed by atoms with Gasteiger partial charge in [-0.05, 0) is 35.9 Å². The molecule has 2 aromatic rings. The fourth-order valence-electron chi connectivity index (χ4n) is 2.49. The van der Waals surface area contributed by atoms with Crippen LogP contribution in [0.4, 0.5) is 11.4 Å². The summed E-state index contributed by atoms with van der Waals surface area (Å²) in [6, 6.07) is 11.7. The Balaban J connectivity index is 2.04. The molecule has 0 spiro atoms. The van der Waals surface area contributed by atoms with E-state index in [1.165, 1.54) is 46.8 Å². The zero-order valence-corrected chi connectivity index (χ0v) is 16.3. The Kier molecular flexibility index (Phi) is 7.02. The molecule has 8 nitrogen and oxygen atoms in total. The average Bonchev–Trinajstić information content (AvgIpc) is 2.68. The number of nitro benzene ring substituents is 1. The highest BCUT2D eigenvalue weighted by atomic mass is 32.2. The number of non-ortho nitro benzene ring substituents is 1. The Labute approximate surface area is 163 Å². The van der Waals surface area contributed by atoms with Crippen LogP contribution in [-0.2, 0) is 14.8 Å². The minimum absolute atomic E-state index is 0.0618. The molecule has 28 heavy (non-hydrogen) atoms. The first kappa shape index (κ1) is 21.3. The molecule has 148 valence electrons. The molecule has 0 aliphatic rings. The lowest BCUT2D eigenvalue weighted by molar-refractivity contribution is -0.384. The van der Waals surface area contributed by atoms with E-state index in [1.54, 1.807) is 32.1 Å². The second-order valence-corrected chi connectivity index (χ2v) is 7.72. The average molecular weight is 403 g/mol. The molecule has 1 N–H and O–H groups in total. The molecular weight excluding hydrogens is 382 g/mol. The van der Waals surface area contributed by atoms with E-state index in [2.05, 4.69) is 5.32 Å². The van der Waals surface area contributed by atoms with Crippen LogP contribution in [0.1, 0.15) is 19.4 Å². The van der Waals surface area contributed by atoms with Crippen molar-refractivity contribution in [2.45, 2.75) is 18.7 Å². The molecule has 0 fully saturated rings. The Hall–Kier alpha value is -3.04. The number of rotatable bonds is 8. The maximum Gasteiger partial charge on any atom is 0.269 e. The number of amides is 1. The van der Waals surface area contributed by atoms with Gasteiger partial charge in [0.15, 0.2) is 0 Å². The molecule has 0 unspecified atom stereocenters. The molecular formula is C19H21N3O5S. The maximum absolute atomic E-state index is 12.4. The second kappa shape index (κ2) is 9.25. The first-order valence-corrected chi connectivity index (χ1v) is 10.1. The van der Waals surface area contributed by atoms with Crippen molar-refractivity contribution in [3.63, 3.8) is 0 Å². The fourth-order valence-corrected chi connectivity index (χ4v) is 3.94. The van der Waals surface area contributed by atoms with Crippen LogP contribution in [0, 0.1) is 10.1 Å². The summed E-state index contributed by atoms with van der Waals surface area (Å²) in [5, 5.41) is 13.2. The molecule has 2 rings (SSSR count). The van der Waals surface area contributed by atoms with Crippen LogP contribution in [0.25, 0.3) is 6.08 Å². The molecule has 0 aromatic heterocycles. The quantitative estimate of drug-likeness (QED) is 0.413. The first-order chi connectivity index (χ1) is 13.3. The Morgan fingerprint density at radius 1 is 1.07 bits per heavy atom. The van der Waals surface area contributed by atoms with Crippen LogP contribution >= 0.6 is 0 Å². The minimum Gasteiger partial charge on any atom is -0.323 e. The van der Waals surface area contributed by atoms with Gasteiger partial charge in [0.25, 0.3) is 5.69 Å². The van der Waals surface area contributed by atoms with Crippen LogP contribution < -0.4 is 5.32 Å². The normalized spacial score (nSPS) is 11.7. The number of hydrogen-bond donors (Lipinski definition) is 1. The standard InChI is InChI=1S/C19H21N3O5S/c1-3-21(4-2)28(26,27)18-12-5-15(6-13-18)7-14-19(23)20-16-8-10-17(11-9-16)22(24)25/h5-14H,3-4H2,1-2H3,(H,20,23)/b14-7+. The third-order valence-corrected chi connectivity index (χ3v) is 6.06. The molecule has 0 aliphatic heterocycles. The van der Waals surface area contributed by atoms with Gasteiger partial charge in [0.05, 0.1) is 9.82 Å². The largest absolute Gasteiger partial charge is 0.323 e. The van der Waals surface area contributed by atoms with Gasteiger partial charge >= 0.3 is 0 Å². The van der Waals surface area contributed by atoms with Crippen molar-refractivity contribution in [2.24, 2.45) is 0 Å². The topological polar surface area (TPSA) is 110 Å². The van der Waals surface area contributed by atoms with Gasteiger partial charge in [-0.3, -0.25) is 14.9 Å². The number of carbonyl (C=O) groups is 1. The number of anilines is 1. The highest BCUT2D eigenvalue weighted by molar-refractivity contribution is 7.89. The number of nitrogens with one attached hydrogen (secondary N) is 1. The van der Waals surface area contributed by atoms with Gasteiger partial charge in [0, 0.05) is 37.0 Å². The van der Waals surface area contributed by atoms with Crippen molar-refractivity contribution < 1.29 is 18.1 Å². The predicted octanol–water partition coefficient (Wildman–Crippen LogP) is 3.28. The lowest BCUT2D eigenvalue weighted by atomic mass is 10.2. The van der Waals surface area contributed by atoms with Gasteiger partial charge in [-0.25, -0.2) is 8.42 Å². The van der Waals surface area contributed by atoms with Crippen LogP contribution in [0.3, 0.4) is 0 Å². The van der Waals surface area contributed by atoms with Crippen molar-refractivity contribution in [2.75, 3.05) is 18.4 Å². The zero-order valence-electron chi connectivity index (χ0n) is 15.5. The van der Waals surface area contributed by atoms with E-state index in [0.717, 1.165) is 0 Å². The van der Waals surface area contributed by atoms with E-state index < -0.39 is 20.9 Å². The van der Waals surface area contributed by atoms with E-state index in [1.807, 2.05) is 0 Å². The first-order valence-electron chi connectivity index (χ1n) is 8.61. The number of nitro groups is 1.